The Morgan fingerprint density at radius 3 is 2.27 bits per heavy atom. The van der Waals surface area contributed by atoms with Gasteiger partial charge in [-0.25, -0.2) is 4.79 Å². The van der Waals surface area contributed by atoms with Gasteiger partial charge in [-0.2, -0.15) is 0 Å². The molecule has 2 amide bonds. The molecule has 0 aromatic heterocycles. The van der Waals surface area contributed by atoms with Gasteiger partial charge >= 0.3 is 5.97 Å². The van der Waals surface area contributed by atoms with Gasteiger partial charge in [-0.05, 0) is 53.5 Å². The second-order valence-electron chi connectivity index (χ2n) is 11.3. The zero-order valence-electron chi connectivity index (χ0n) is 25.9. The second kappa shape index (κ2) is 16.7. The summed E-state index contributed by atoms with van der Waals surface area (Å²) < 4.78 is 16.3. The number of carbonyl (C=O) groups is 3. The monoisotopic (exact) mass is 568 g/mol. The molecule has 0 saturated heterocycles. The number of carbonyl (C=O) groups excluding carboxylic acids is 3. The van der Waals surface area contributed by atoms with Gasteiger partial charge in [0, 0.05) is 24.7 Å². The van der Waals surface area contributed by atoms with Gasteiger partial charge in [-0.3, -0.25) is 9.59 Å². The van der Waals surface area contributed by atoms with Crippen LogP contribution in [0, 0.1) is 0 Å². The molecule has 0 fully saturated rings. The molecule has 0 bridgehead atoms. The third-order valence-corrected chi connectivity index (χ3v) is 6.98. The minimum atomic E-state index is -0.455. The number of anilines is 1. The fraction of sp³-hybridized carbons (Fsp3) is 0.545. The van der Waals surface area contributed by atoms with Crippen molar-refractivity contribution < 1.29 is 28.6 Å². The highest BCUT2D eigenvalue weighted by molar-refractivity contribution is 5.96. The molecule has 0 aliphatic carbocycles. The molecule has 8 heteroatoms. The van der Waals surface area contributed by atoms with E-state index in [1.54, 1.807) is 25.3 Å². The van der Waals surface area contributed by atoms with Crippen LogP contribution in [-0.4, -0.2) is 45.2 Å². The molecule has 1 unspecified atom stereocenters. The SMILES string of the molecule is CCCCCC(CC(=O)Nc1cc(C(=O)OC)ccc1C(C)(C)C)c1ccc(OCC(=O)NCCCC)cc1OC. The number of rotatable bonds is 16. The Kier molecular flexibility index (Phi) is 13.7. The van der Waals surface area contributed by atoms with Crippen LogP contribution in [0.5, 0.6) is 11.5 Å². The predicted molar refractivity (Wildman–Crippen MR) is 163 cm³/mol. The van der Waals surface area contributed by atoms with Crippen LogP contribution in [0.15, 0.2) is 36.4 Å². The fourth-order valence-corrected chi connectivity index (χ4v) is 4.70. The van der Waals surface area contributed by atoms with Crippen molar-refractivity contribution in [2.75, 3.05) is 32.7 Å². The molecule has 2 N–H and O–H groups in total. The minimum absolute atomic E-state index is 0.0741. The summed E-state index contributed by atoms with van der Waals surface area (Å²) in [4.78, 5) is 37.7. The molecule has 0 radical (unpaired) electrons. The van der Waals surface area contributed by atoms with Gasteiger partial charge in [0.15, 0.2) is 6.61 Å². The smallest absolute Gasteiger partial charge is 0.337 e. The fourth-order valence-electron chi connectivity index (χ4n) is 4.70. The molecule has 1 atom stereocenters. The Morgan fingerprint density at radius 1 is 0.902 bits per heavy atom. The number of nitrogens with one attached hydrogen (secondary N) is 2. The van der Waals surface area contributed by atoms with E-state index < -0.39 is 5.97 Å². The van der Waals surface area contributed by atoms with Gasteiger partial charge in [0.1, 0.15) is 11.5 Å². The van der Waals surface area contributed by atoms with Crippen molar-refractivity contribution in [2.24, 2.45) is 0 Å². The number of amides is 2. The number of ether oxygens (including phenoxy) is 3. The van der Waals surface area contributed by atoms with E-state index in [-0.39, 0.29) is 36.2 Å². The first-order valence-corrected chi connectivity index (χ1v) is 14.6. The summed E-state index contributed by atoms with van der Waals surface area (Å²) in [7, 11) is 2.93. The first kappa shape index (κ1) is 33.7. The molecule has 0 saturated carbocycles. The van der Waals surface area contributed by atoms with Crippen LogP contribution in [0.25, 0.3) is 0 Å². The van der Waals surface area contributed by atoms with E-state index in [2.05, 4.69) is 45.3 Å². The molecule has 8 nitrogen and oxygen atoms in total. The quantitative estimate of drug-likeness (QED) is 0.171. The molecular weight excluding hydrogens is 520 g/mol. The lowest BCUT2D eigenvalue weighted by atomic mass is 9.85. The van der Waals surface area contributed by atoms with E-state index in [1.807, 2.05) is 18.2 Å². The van der Waals surface area contributed by atoms with E-state index in [0.717, 1.165) is 49.7 Å². The number of esters is 1. The number of benzene rings is 2. The summed E-state index contributed by atoms with van der Waals surface area (Å²) in [5.74, 6) is 0.286. The van der Waals surface area contributed by atoms with Crippen LogP contribution >= 0.6 is 0 Å². The molecule has 2 aromatic rings. The van der Waals surface area contributed by atoms with Crippen LogP contribution in [0.4, 0.5) is 5.69 Å². The van der Waals surface area contributed by atoms with E-state index in [0.29, 0.717) is 29.3 Å². The zero-order chi connectivity index (χ0) is 30.4. The Hall–Kier alpha value is -3.55. The number of methoxy groups -OCH3 is 2. The van der Waals surface area contributed by atoms with Crippen LogP contribution in [0.1, 0.15) is 107 Å². The zero-order valence-corrected chi connectivity index (χ0v) is 25.9. The highest BCUT2D eigenvalue weighted by atomic mass is 16.5. The van der Waals surface area contributed by atoms with E-state index in [1.165, 1.54) is 7.11 Å². The third kappa shape index (κ3) is 10.7. The summed E-state index contributed by atoms with van der Waals surface area (Å²) >= 11 is 0. The molecular formula is C33H48N2O6. The molecule has 2 rings (SSSR count). The lowest BCUT2D eigenvalue weighted by Crippen LogP contribution is -2.29. The maximum atomic E-state index is 13.5. The van der Waals surface area contributed by atoms with Crippen molar-refractivity contribution in [3.63, 3.8) is 0 Å². The Morgan fingerprint density at radius 2 is 1.63 bits per heavy atom. The summed E-state index contributed by atoms with van der Waals surface area (Å²) in [5.41, 5.74) is 2.58. The van der Waals surface area contributed by atoms with Gasteiger partial charge in [0.05, 0.1) is 19.8 Å². The maximum Gasteiger partial charge on any atom is 0.337 e. The number of hydrogen-bond donors (Lipinski definition) is 2. The van der Waals surface area contributed by atoms with Gasteiger partial charge in [-0.15, -0.1) is 0 Å². The average molecular weight is 569 g/mol. The highest BCUT2D eigenvalue weighted by Gasteiger charge is 2.24. The van der Waals surface area contributed by atoms with Crippen LogP contribution in [-0.2, 0) is 19.7 Å². The van der Waals surface area contributed by atoms with E-state index >= 15 is 0 Å². The Balaban J connectivity index is 2.26. The molecule has 0 spiro atoms. The van der Waals surface area contributed by atoms with Crippen LogP contribution in [0.2, 0.25) is 0 Å². The summed E-state index contributed by atoms with van der Waals surface area (Å²) in [6.07, 6.45) is 6.09. The van der Waals surface area contributed by atoms with E-state index in [9.17, 15) is 14.4 Å². The van der Waals surface area contributed by atoms with Crippen LogP contribution in [0.3, 0.4) is 0 Å². The lowest BCUT2D eigenvalue weighted by Gasteiger charge is -2.25. The molecule has 0 aliphatic heterocycles. The normalized spacial score (nSPS) is 11.9. The highest BCUT2D eigenvalue weighted by Crippen LogP contribution is 2.37. The van der Waals surface area contributed by atoms with Crippen LogP contribution < -0.4 is 20.1 Å². The van der Waals surface area contributed by atoms with Crippen molar-refractivity contribution in [1.29, 1.82) is 0 Å². The third-order valence-electron chi connectivity index (χ3n) is 6.98. The topological polar surface area (TPSA) is 103 Å². The first-order valence-electron chi connectivity index (χ1n) is 14.6. The van der Waals surface area contributed by atoms with Gasteiger partial charge in [0.2, 0.25) is 5.91 Å². The Labute approximate surface area is 245 Å². The van der Waals surface area contributed by atoms with Gasteiger partial charge in [0.25, 0.3) is 5.91 Å². The van der Waals surface area contributed by atoms with Crippen molar-refractivity contribution in [1.82, 2.24) is 5.32 Å². The molecule has 0 aliphatic rings. The lowest BCUT2D eigenvalue weighted by molar-refractivity contribution is -0.123. The minimum Gasteiger partial charge on any atom is -0.496 e. The molecule has 2 aromatic carbocycles. The van der Waals surface area contributed by atoms with Gasteiger partial charge < -0.3 is 24.8 Å². The second-order valence-corrected chi connectivity index (χ2v) is 11.3. The van der Waals surface area contributed by atoms with Gasteiger partial charge in [-0.1, -0.05) is 72.4 Å². The first-order chi connectivity index (χ1) is 19.5. The van der Waals surface area contributed by atoms with Crippen molar-refractivity contribution in [3.05, 3.63) is 53.1 Å². The summed E-state index contributed by atoms with van der Waals surface area (Å²) in [6.45, 7) is 11.0. The van der Waals surface area contributed by atoms with Crippen molar-refractivity contribution >= 4 is 23.5 Å². The summed E-state index contributed by atoms with van der Waals surface area (Å²) in [5, 5.41) is 5.92. The molecule has 0 heterocycles. The predicted octanol–water partition coefficient (Wildman–Crippen LogP) is 6.77. The van der Waals surface area contributed by atoms with E-state index in [4.69, 9.17) is 14.2 Å². The summed E-state index contributed by atoms with van der Waals surface area (Å²) in [6, 6.07) is 10.8. The largest absolute Gasteiger partial charge is 0.496 e. The standard InChI is InChI=1S/C33H48N2O6/c1-8-10-12-13-23(26-16-15-25(21-29(26)39-6)41-22-31(37)34-18-11-9-2)20-30(36)35-28-19-24(32(38)40-7)14-17-27(28)33(3,4)5/h14-17,19,21,23H,8-13,18,20,22H2,1-7H3,(H,34,37)(H,35,36). The maximum absolute atomic E-state index is 13.5. The van der Waals surface area contributed by atoms with Crippen molar-refractivity contribution in [2.45, 2.75) is 90.9 Å². The number of hydrogen-bond acceptors (Lipinski definition) is 6. The van der Waals surface area contributed by atoms with Crippen molar-refractivity contribution in [3.8, 4) is 11.5 Å². The Bertz CT molecular complexity index is 1150. The average Bonchev–Trinajstić information content (AvgIpc) is 2.94. The molecule has 41 heavy (non-hydrogen) atoms. The molecule has 226 valence electrons. The number of unbranched alkanes of at least 4 members (excludes halogenated alkanes) is 3.